The van der Waals surface area contributed by atoms with Crippen molar-refractivity contribution in [1.82, 2.24) is 29.1 Å². The summed E-state index contributed by atoms with van der Waals surface area (Å²) >= 11 is 0. The quantitative estimate of drug-likeness (QED) is 0.405. The molecule has 1 aliphatic carbocycles. The number of aliphatic carboxylic acids is 1. The fourth-order valence-corrected chi connectivity index (χ4v) is 4.05. The summed E-state index contributed by atoms with van der Waals surface area (Å²) in [6.07, 6.45) is 8.06. The molecular formula is C23H22F3N7O4. The van der Waals surface area contributed by atoms with Crippen LogP contribution < -0.4 is 10.1 Å². The van der Waals surface area contributed by atoms with Crippen LogP contribution in [0.3, 0.4) is 0 Å². The molecule has 2 N–H and O–H groups in total. The molecule has 5 rings (SSSR count). The van der Waals surface area contributed by atoms with Crippen LogP contribution in [-0.2, 0) is 4.79 Å². The predicted octanol–water partition coefficient (Wildman–Crippen LogP) is 4.00. The van der Waals surface area contributed by atoms with Gasteiger partial charge in [0.05, 0.1) is 24.9 Å². The van der Waals surface area contributed by atoms with Crippen molar-refractivity contribution in [3.05, 3.63) is 54.9 Å². The van der Waals surface area contributed by atoms with Gasteiger partial charge >= 0.3 is 12.1 Å². The fourth-order valence-electron chi connectivity index (χ4n) is 4.05. The molecule has 0 spiro atoms. The highest BCUT2D eigenvalue weighted by molar-refractivity contribution is 6.08. The van der Waals surface area contributed by atoms with Crippen molar-refractivity contribution < 1.29 is 32.6 Å². The lowest BCUT2D eigenvalue weighted by molar-refractivity contribution is -0.192. The molecule has 1 saturated carbocycles. The van der Waals surface area contributed by atoms with Crippen LogP contribution in [0.2, 0.25) is 0 Å². The molecule has 0 radical (unpaired) electrons. The molecule has 0 bridgehead atoms. The van der Waals surface area contributed by atoms with Gasteiger partial charge in [0, 0.05) is 24.8 Å². The maximum atomic E-state index is 13.1. The van der Waals surface area contributed by atoms with Crippen molar-refractivity contribution in [2.45, 2.75) is 37.9 Å². The van der Waals surface area contributed by atoms with Crippen LogP contribution in [0.4, 0.5) is 18.9 Å². The molecule has 194 valence electrons. The molecule has 1 amide bonds. The number of nitrogens with one attached hydrogen (secondary N) is 1. The third-order valence-electron chi connectivity index (χ3n) is 5.69. The Morgan fingerprint density at radius 1 is 1.16 bits per heavy atom. The first-order valence-electron chi connectivity index (χ1n) is 11.2. The number of alkyl halides is 3. The van der Waals surface area contributed by atoms with Gasteiger partial charge in [-0.25, -0.2) is 14.8 Å². The zero-order valence-corrected chi connectivity index (χ0v) is 19.5. The zero-order valence-electron chi connectivity index (χ0n) is 19.5. The number of hydrogen-bond acceptors (Lipinski definition) is 7. The van der Waals surface area contributed by atoms with Gasteiger partial charge in [-0.05, 0) is 31.0 Å². The Kier molecular flexibility index (Phi) is 7.36. The lowest BCUT2D eigenvalue weighted by Crippen LogP contribution is -2.21. The van der Waals surface area contributed by atoms with Crippen LogP contribution in [0.5, 0.6) is 5.88 Å². The summed E-state index contributed by atoms with van der Waals surface area (Å²) in [6.45, 7) is 0. The molecule has 37 heavy (non-hydrogen) atoms. The number of rotatable bonds is 5. The number of aromatic nitrogens is 6. The van der Waals surface area contributed by atoms with E-state index in [1.54, 1.807) is 36.9 Å². The number of amides is 1. The number of hydrogen-bond donors (Lipinski definition) is 2. The Morgan fingerprint density at radius 2 is 1.89 bits per heavy atom. The number of nitrogens with zero attached hydrogens (tertiary/aromatic N) is 6. The van der Waals surface area contributed by atoms with E-state index >= 15 is 0 Å². The summed E-state index contributed by atoms with van der Waals surface area (Å²) < 4.78 is 40.9. The van der Waals surface area contributed by atoms with E-state index in [-0.39, 0.29) is 11.6 Å². The molecule has 4 aromatic rings. The Hall–Kier alpha value is -4.49. The molecule has 0 saturated heterocycles. The number of pyridine rings is 1. The SMILES string of the molecule is COc1ncccc1NC(=O)c1nc(-c2ccnn2C2CCCC2)n2ccncc12.O=C(O)C(F)(F)F. The monoisotopic (exact) mass is 517 g/mol. The molecule has 0 aromatic carbocycles. The number of carboxylic acids is 1. The zero-order chi connectivity index (χ0) is 26.6. The third kappa shape index (κ3) is 5.52. The Balaban J connectivity index is 0.000000405. The highest BCUT2D eigenvalue weighted by Gasteiger charge is 2.38. The topological polar surface area (TPSA) is 137 Å². The maximum absolute atomic E-state index is 13.1. The van der Waals surface area contributed by atoms with Gasteiger partial charge in [0.15, 0.2) is 11.5 Å². The van der Waals surface area contributed by atoms with Gasteiger partial charge in [-0.3, -0.25) is 18.9 Å². The molecule has 14 heteroatoms. The van der Waals surface area contributed by atoms with E-state index in [1.807, 2.05) is 21.3 Å². The van der Waals surface area contributed by atoms with Gasteiger partial charge in [0.1, 0.15) is 11.4 Å². The number of anilines is 1. The molecule has 1 fully saturated rings. The van der Waals surface area contributed by atoms with Crippen molar-refractivity contribution in [1.29, 1.82) is 0 Å². The minimum Gasteiger partial charge on any atom is -0.480 e. The predicted molar refractivity (Wildman–Crippen MR) is 124 cm³/mol. The first-order valence-corrected chi connectivity index (χ1v) is 11.2. The smallest absolute Gasteiger partial charge is 0.480 e. The second kappa shape index (κ2) is 10.6. The lowest BCUT2D eigenvalue weighted by Gasteiger charge is -2.13. The average molecular weight is 517 g/mol. The third-order valence-corrected chi connectivity index (χ3v) is 5.69. The van der Waals surface area contributed by atoms with Gasteiger partial charge in [0.2, 0.25) is 5.88 Å². The van der Waals surface area contributed by atoms with Gasteiger partial charge in [-0.15, -0.1) is 0 Å². The molecule has 0 aliphatic heterocycles. The first-order chi connectivity index (χ1) is 17.7. The number of halogens is 3. The van der Waals surface area contributed by atoms with E-state index < -0.39 is 12.1 Å². The van der Waals surface area contributed by atoms with Crippen LogP contribution >= 0.6 is 0 Å². The second-order valence-corrected chi connectivity index (χ2v) is 8.03. The Labute approximate surface area is 207 Å². The van der Waals surface area contributed by atoms with Gasteiger partial charge in [-0.2, -0.15) is 18.3 Å². The van der Waals surface area contributed by atoms with Crippen molar-refractivity contribution in [3.63, 3.8) is 0 Å². The Morgan fingerprint density at radius 3 is 2.57 bits per heavy atom. The first kappa shape index (κ1) is 25.6. The van der Waals surface area contributed by atoms with Crippen molar-refractivity contribution >= 4 is 23.1 Å². The highest BCUT2D eigenvalue weighted by Crippen LogP contribution is 2.33. The number of carboxylic acid groups (broad SMARTS) is 1. The van der Waals surface area contributed by atoms with E-state index in [0.29, 0.717) is 29.0 Å². The van der Waals surface area contributed by atoms with Crippen molar-refractivity contribution in [3.8, 4) is 17.4 Å². The minimum atomic E-state index is -5.08. The second-order valence-electron chi connectivity index (χ2n) is 8.03. The summed E-state index contributed by atoms with van der Waals surface area (Å²) in [7, 11) is 1.51. The summed E-state index contributed by atoms with van der Waals surface area (Å²) in [6, 6.07) is 5.77. The molecular weight excluding hydrogens is 495 g/mol. The Bertz CT molecular complexity index is 1410. The summed E-state index contributed by atoms with van der Waals surface area (Å²) in [4.78, 5) is 35.0. The van der Waals surface area contributed by atoms with Crippen LogP contribution in [0.25, 0.3) is 17.0 Å². The van der Waals surface area contributed by atoms with Crippen molar-refractivity contribution in [2.24, 2.45) is 0 Å². The lowest BCUT2D eigenvalue weighted by atomic mass is 10.2. The summed E-state index contributed by atoms with van der Waals surface area (Å²) in [5, 5.41) is 14.5. The molecule has 0 atom stereocenters. The van der Waals surface area contributed by atoms with Crippen LogP contribution in [0.15, 0.2) is 49.2 Å². The highest BCUT2D eigenvalue weighted by atomic mass is 19.4. The van der Waals surface area contributed by atoms with E-state index in [0.717, 1.165) is 18.5 Å². The molecule has 11 nitrogen and oxygen atoms in total. The normalized spacial score (nSPS) is 13.7. The maximum Gasteiger partial charge on any atom is 0.490 e. The molecule has 4 aromatic heterocycles. The van der Waals surface area contributed by atoms with Gasteiger partial charge in [-0.1, -0.05) is 12.8 Å². The standard InChI is InChI=1S/C21H21N7O2.C2HF3O2/c1-30-21-15(7-4-9-23-21)25-20(29)18-17-13-22-11-12-27(17)19(26-18)16-8-10-24-28(16)14-5-2-3-6-14;3-2(4,5)1(6)7/h4,7-14H,2-3,5-6H2,1H3,(H,25,29);(H,6,7). The van der Waals surface area contributed by atoms with E-state index in [2.05, 4.69) is 20.4 Å². The van der Waals surface area contributed by atoms with Gasteiger partial charge in [0.25, 0.3) is 5.91 Å². The fraction of sp³-hybridized carbons (Fsp3) is 0.304. The molecule has 0 unspecified atom stereocenters. The van der Waals surface area contributed by atoms with Crippen molar-refractivity contribution in [2.75, 3.05) is 12.4 Å². The number of carbonyl (C=O) groups is 2. The van der Waals surface area contributed by atoms with Gasteiger partial charge < -0.3 is 15.2 Å². The summed E-state index contributed by atoms with van der Waals surface area (Å²) in [5.74, 6) is -2.11. The van der Waals surface area contributed by atoms with Crippen LogP contribution in [0.1, 0.15) is 42.2 Å². The number of methoxy groups -OCH3 is 1. The van der Waals surface area contributed by atoms with E-state index in [9.17, 15) is 18.0 Å². The number of ether oxygens (including phenoxy) is 1. The van der Waals surface area contributed by atoms with E-state index in [4.69, 9.17) is 19.6 Å². The van der Waals surface area contributed by atoms with Crippen LogP contribution in [0, 0.1) is 0 Å². The minimum absolute atomic E-state index is 0.281. The summed E-state index contributed by atoms with van der Waals surface area (Å²) in [5.41, 5.74) is 2.27. The van der Waals surface area contributed by atoms with E-state index in [1.165, 1.54) is 20.0 Å². The molecule has 1 aliphatic rings. The number of carbonyl (C=O) groups excluding carboxylic acids is 1. The largest absolute Gasteiger partial charge is 0.490 e. The van der Waals surface area contributed by atoms with Crippen LogP contribution in [-0.4, -0.2) is 59.4 Å². The average Bonchev–Trinajstić information content (AvgIpc) is 3.63. The molecule has 4 heterocycles. The number of fused-ring (bicyclic) bond motifs is 1. The number of imidazole rings is 1.